The smallest absolute Gasteiger partial charge is 0.406 e. The van der Waals surface area contributed by atoms with Gasteiger partial charge >= 0.3 is 6.09 Å². The predicted octanol–water partition coefficient (Wildman–Crippen LogP) is 1.52. The molecular weight excluding hydrogens is 198 g/mol. The van der Waals surface area contributed by atoms with Crippen LogP contribution in [-0.2, 0) is 14.2 Å². The van der Waals surface area contributed by atoms with Crippen molar-refractivity contribution in [3.05, 3.63) is 0 Å². The zero-order valence-electron chi connectivity index (χ0n) is 9.75. The molecule has 0 aliphatic heterocycles. The number of ether oxygens (including phenoxy) is 3. The molecule has 1 N–H and O–H groups in total. The molecule has 0 saturated heterocycles. The third-order valence-corrected chi connectivity index (χ3v) is 1.78. The molecule has 0 aliphatic rings. The van der Waals surface area contributed by atoms with Gasteiger partial charge in [-0.25, -0.2) is 4.79 Å². The van der Waals surface area contributed by atoms with Gasteiger partial charge in [0.1, 0.15) is 0 Å². The van der Waals surface area contributed by atoms with E-state index in [1.165, 1.54) is 7.11 Å². The van der Waals surface area contributed by atoms with Crippen LogP contribution in [0.2, 0.25) is 0 Å². The molecule has 0 heterocycles. The molecule has 15 heavy (non-hydrogen) atoms. The van der Waals surface area contributed by atoms with Crippen molar-refractivity contribution in [2.45, 2.75) is 33.0 Å². The first-order valence-electron chi connectivity index (χ1n) is 5.29. The number of carbonyl (C=O) groups is 1. The van der Waals surface area contributed by atoms with E-state index >= 15 is 0 Å². The lowest BCUT2D eigenvalue weighted by Gasteiger charge is -2.16. The van der Waals surface area contributed by atoms with E-state index in [1.807, 2.05) is 13.8 Å². The summed E-state index contributed by atoms with van der Waals surface area (Å²) in [5.41, 5.74) is 0. The zero-order chi connectivity index (χ0) is 11.5. The Morgan fingerprint density at radius 2 is 1.87 bits per heavy atom. The Bertz CT molecular complexity index is 158. The number of rotatable bonds is 8. The van der Waals surface area contributed by atoms with Crippen molar-refractivity contribution >= 4 is 6.09 Å². The summed E-state index contributed by atoms with van der Waals surface area (Å²) < 4.78 is 15.1. The van der Waals surface area contributed by atoms with Crippen LogP contribution in [-0.4, -0.2) is 39.3 Å². The van der Waals surface area contributed by atoms with E-state index in [0.717, 1.165) is 12.8 Å². The van der Waals surface area contributed by atoms with Gasteiger partial charge in [0.05, 0.1) is 7.11 Å². The molecule has 5 nitrogen and oxygen atoms in total. The van der Waals surface area contributed by atoms with Gasteiger partial charge in [0.2, 0.25) is 0 Å². The van der Waals surface area contributed by atoms with E-state index in [-0.39, 0.29) is 6.29 Å². The van der Waals surface area contributed by atoms with Gasteiger partial charge in [0, 0.05) is 26.2 Å². The van der Waals surface area contributed by atoms with Crippen molar-refractivity contribution in [2.75, 3.05) is 26.9 Å². The molecule has 0 bridgehead atoms. The minimum Gasteiger partial charge on any atom is -0.453 e. The molecule has 0 aromatic rings. The average Bonchev–Trinajstić information content (AvgIpc) is 2.24. The van der Waals surface area contributed by atoms with E-state index in [0.29, 0.717) is 19.8 Å². The molecule has 0 radical (unpaired) electrons. The first-order chi connectivity index (χ1) is 7.24. The number of hydrogen-bond donors (Lipinski definition) is 1. The van der Waals surface area contributed by atoms with Gasteiger partial charge in [-0.2, -0.15) is 0 Å². The second kappa shape index (κ2) is 9.73. The SMILES string of the molecule is CCOC(CCCNC(=O)OC)OCC. The Morgan fingerprint density at radius 1 is 1.27 bits per heavy atom. The molecule has 0 spiro atoms. The summed E-state index contributed by atoms with van der Waals surface area (Å²) in [4.78, 5) is 10.7. The lowest BCUT2D eigenvalue weighted by molar-refractivity contribution is -0.139. The van der Waals surface area contributed by atoms with E-state index < -0.39 is 6.09 Å². The highest BCUT2D eigenvalue weighted by Gasteiger charge is 2.07. The van der Waals surface area contributed by atoms with Crippen LogP contribution in [0.5, 0.6) is 0 Å². The standard InChI is InChI=1S/C10H21NO4/c1-4-14-9(15-5-2)7-6-8-11-10(12)13-3/h9H,4-8H2,1-3H3,(H,11,12). The quantitative estimate of drug-likeness (QED) is 0.497. The van der Waals surface area contributed by atoms with E-state index in [9.17, 15) is 4.79 Å². The lowest BCUT2D eigenvalue weighted by Crippen LogP contribution is -2.26. The third kappa shape index (κ3) is 8.20. The van der Waals surface area contributed by atoms with Gasteiger partial charge in [-0.1, -0.05) is 0 Å². The summed E-state index contributed by atoms with van der Waals surface area (Å²) in [7, 11) is 1.35. The molecule has 90 valence electrons. The molecule has 0 fully saturated rings. The molecule has 0 saturated carbocycles. The van der Waals surface area contributed by atoms with Crippen LogP contribution < -0.4 is 5.32 Å². The van der Waals surface area contributed by atoms with Gasteiger partial charge < -0.3 is 19.5 Å². The van der Waals surface area contributed by atoms with E-state index in [1.54, 1.807) is 0 Å². The number of hydrogen-bond acceptors (Lipinski definition) is 4. The van der Waals surface area contributed by atoms with Gasteiger partial charge in [-0.15, -0.1) is 0 Å². The Labute approximate surface area is 91.1 Å². The minimum atomic E-state index is -0.403. The molecule has 0 rings (SSSR count). The highest BCUT2D eigenvalue weighted by molar-refractivity contribution is 5.66. The van der Waals surface area contributed by atoms with Gasteiger partial charge in [-0.05, 0) is 20.3 Å². The summed E-state index contributed by atoms with van der Waals surface area (Å²) in [5.74, 6) is 0. The van der Waals surface area contributed by atoms with Gasteiger partial charge in [0.25, 0.3) is 0 Å². The van der Waals surface area contributed by atoms with Crippen molar-refractivity contribution in [1.82, 2.24) is 5.32 Å². The normalized spacial score (nSPS) is 10.4. The second-order valence-corrected chi connectivity index (χ2v) is 2.90. The fraction of sp³-hybridized carbons (Fsp3) is 0.900. The monoisotopic (exact) mass is 219 g/mol. The third-order valence-electron chi connectivity index (χ3n) is 1.78. The first kappa shape index (κ1) is 14.2. The number of amides is 1. The number of nitrogens with one attached hydrogen (secondary N) is 1. The molecular formula is C10H21NO4. The molecule has 5 heteroatoms. The molecule has 0 unspecified atom stereocenters. The van der Waals surface area contributed by atoms with Crippen LogP contribution in [0.15, 0.2) is 0 Å². The Balaban J connectivity index is 3.48. The number of carbonyl (C=O) groups excluding carboxylic acids is 1. The molecule has 0 aliphatic carbocycles. The first-order valence-corrected chi connectivity index (χ1v) is 5.29. The fourth-order valence-corrected chi connectivity index (χ4v) is 1.12. The van der Waals surface area contributed by atoms with Crippen LogP contribution in [0.25, 0.3) is 0 Å². The molecule has 0 aromatic heterocycles. The second-order valence-electron chi connectivity index (χ2n) is 2.90. The summed E-state index contributed by atoms with van der Waals surface area (Å²) >= 11 is 0. The van der Waals surface area contributed by atoms with Crippen molar-refractivity contribution in [1.29, 1.82) is 0 Å². The Hall–Kier alpha value is -0.810. The maximum atomic E-state index is 10.7. The van der Waals surface area contributed by atoms with Crippen molar-refractivity contribution < 1.29 is 19.0 Å². The number of alkyl carbamates (subject to hydrolysis) is 1. The molecule has 0 aromatic carbocycles. The van der Waals surface area contributed by atoms with Gasteiger partial charge in [-0.3, -0.25) is 0 Å². The average molecular weight is 219 g/mol. The van der Waals surface area contributed by atoms with Crippen LogP contribution in [0, 0.1) is 0 Å². The molecule has 1 amide bonds. The Kier molecular flexibility index (Phi) is 9.21. The topological polar surface area (TPSA) is 56.8 Å². The van der Waals surface area contributed by atoms with Crippen LogP contribution in [0.4, 0.5) is 4.79 Å². The maximum Gasteiger partial charge on any atom is 0.406 e. The predicted molar refractivity (Wildman–Crippen MR) is 56.7 cm³/mol. The lowest BCUT2D eigenvalue weighted by atomic mass is 10.3. The van der Waals surface area contributed by atoms with Crippen molar-refractivity contribution in [2.24, 2.45) is 0 Å². The summed E-state index contributed by atoms with van der Waals surface area (Å²) in [6, 6.07) is 0. The summed E-state index contributed by atoms with van der Waals surface area (Å²) in [6.07, 6.45) is 1.00. The highest BCUT2D eigenvalue weighted by Crippen LogP contribution is 2.03. The maximum absolute atomic E-state index is 10.7. The van der Waals surface area contributed by atoms with Crippen molar-refractivity contribution in [3.8, 4) is 0 Å². The largest absolute Gasteiger partial charge is 0.453 e. The molecule has 0 atom stereocenters. The van der Waals surface area contributed by atoms with E-state index in [2.05, 4.69) is 10.1 Å². The van der Waals surface area contributed by atoms with Gasteiger partial charge in [0.15, 0.2) is 6.29 Å². The van der Waals surface area contributed by atoms with Crippen molar-refractivity contribution in [3.63, 3.8) is 0 Å². The summed E-state index contributed by atoms with van der Waals surface area (Å²) in [6.45, 7) is 5.70. The Morgan fingerprint density at radius 3 is 2.33 bits per heavy atom. The summed E-state index contributed by atoms with van der Waals surface area (Å²) in [5, 5.41) is 2.60. The van der Waals surface area contributed by atoms with Crippen LogP contribution in [0.3, 0.4) is 0 Å². The number of methoxy groups -OCH3 is 1. The minimum absolute atomic E-state index is 0.167. The fourth-order valence-electron chi connectivity index (χ4n) is 1.12. The van der Waals surface area contributed by atoms with E-state index in [4.69, 9.17) is 9.47 Å². The highest BCUT2D eigenvalue weighted by atomic mass is 16.7. The zero-order valence-corrected chi connectivity index (χ0v) is 9.75. The van der Waals surface area contributed by atoms with Crippen LogP contribution >= 0.6 is 0 Å². The van der Waals surface area contributed by atoms with Crippen LogP contribution in [0.1, 0.15) is 26.7 Å².